The fourth-order valence-electron chi connectivity index (χ4n) is 2.07. The van der Waals surface area contributed by atoms with Crippen LogP contribution in [0.1, 0.15) is 5.56 Å². The molecule has 0 aliphatic rings. The minimum Gasteiger partial charge on any atom is -0.497 e. The molecule has 0 spiro atoms. The van der Waals surface area contributed by atoms with Crippen LogP contribution in [0.4, 0.5) is 5.13 Å². The summed E-state index contributed by atoms with van der Waals surface area (Å²) in [5.74, 6) is 0.436. The van der Waals surface area contributed by atoms with Crippen LogP contribution in [0.15, 0.2) is 48.5 Å². The van der Waals surface area contributed by atoms with E-state index in [-0.39, 0.29) is 5.91 Å². The Balaban J connectivity index is 1.66. The SMILES string of the molecule is COc1ccc(-c2nnc(NC(=O)/C=C/c3ccc(Cl)cc3Cl)s2)cc1. The average molecular weight is 406 g/mol. The van der Waals surface area contributed by atoms with E-state index in [0.717, 1.165) is 11.3 Å². The van der Waals surface area contributed by atoms with Crippen molar-refractivity contribution in [1.29, 1.82) is 0 Å². The van der Waals surface area contributed by atoms with E-state index in [1.165, 1.54) is 17.4 Å². The van der Waals surface area contributed by atoms with Crippen molar-refractivity contribution in [3.05, 3.63) is 64.1 Å². The first-order chi connectivity index (χ1) is 12.5. The molecule has 3 rings (SSSR count). The molecule has 0 aliphatic heterocycles. The number of hydrogen-bond acceptors (Lipinski definition) is 5. The van der Waals surface area contributed by atoms with Crippen molar-refractivity contribution in [3.8, 4) is 16.3 Å². The first kappa shape index (κ1) is 18.4. The molecule has 1 aromatic heterocycles. The van der Waals surface area contributed by atoms with Gasteiger partial charge in [0.1, 0.15) is 10.8 Å². The maximum atomic E-state index is 12.0. The smallest absolute Gasteiger partial charge is 0.250 e. The van der Waals surface area contributed by atoms with E-state index in [2.05, 4.69) is 15.5 Å². The van der Waals surface area contributed by atoms with E-state index in [4.69, 9.17) is 27.9 Å². The lowest BCUT2D eigenvalue weighted by molar-refractivity contribution is -0.111. The molecule has 0 fully saturated rings. The number of carbonyl (C=O) groups is 1. The van der Waals surface area contributed by atoms with Crippen molar-refractivity contribution in [2.24, 2.45) is 0 Å². The standard InChI is InChI=1S/C18H13Cl2N3O2S/c1-25-14-7-3-12(4-8-14)17-22-23-18(26-17)21-16(24)9-5-11-2-6-13(19)10-15(11)20/h2-10H,1H3,(H,21,23,24)/b9-5+. The van der Waals surface area contributed by atoms with Crippen LogP contribution in [-0.2, 0) is 4.79 Å². The second-order valence-electron chi connectivity index (χ2n) is 5.13. The van der Waals surface area contributed by atoms with Gasteiger partial charge in [0.05, 0.1) is 7.11 Å². The Morgan fingerprint density at radius 1 is 1.15 bits per heavy atom. The van der Waals surface area contributed by atoms with Gasteiger partial charge in [-0.3, -0.25) is 10.1 Å². The summed E-state index contributed by atoms with van der Waals surface area (Å²) >= 11 is 13.2. The number of anilines is 1. The monoisotopic (exact) mass is 405 g/mol. The van der Waals surface area contributed by atoms with Crippen LogP contribution in [0.3, 0.4) is 0 Å². The fourth-order valence-corrected chi connectivity index (χ4v) is 3.30. The molecule has 3 aromatic rings. The van der Waals surface area contributed by atoms with Crippen LogP contribution in [0.2, 0.25) is 10.0 Å². The Morgan fingerprint density at radius 2 is 1.92 bits per heavy atom. The summed E-state index contributed by atoms with van der Waals surface area (Å²) < 4.78 is 5.13. The number of benzene rings is 2. The maximum Gasteiger partial charge on any atom is 0.250 e. The topological polar surface area (TPSA) is 64.1 Å². The second-order valence-corrected chi connectivity index (χ2v) is 6.95. The van der Waals surface area contributed by atoms with Crippen LogP contribution in [-0.4, -0.2) is 23.2 Å². The molecule has 26 heavy (non-hydrogen) atoms. The highest BCUT2D eigenvalue weighted by molar-refractivity contribution is 7.18. The summed E-state index contributed by atoms with van der Waals surface area (Å²) in [5.41, 5.74) is 1.59. The number of ether oxygens (including phenoxy) is 1. The van der Waals surface area contributed by atoms with E-state index >= 15 is 0 Å². The van der Waals surface area contributed by atoms with E-state index < -0.39 is 0 Å². The lowest BCUT2D eigenvalue weighted by Crippen LogP contribution is -2.07. The quantitative estimate of drug-likeness (QED) is 0.594. The van der Waals surface area contributed by atoms with Gasteiger partial charge in [0, 0.05) is 21.7 Å². The molecule has 0 atom stereocenters. The van der Waals surface area contributed by atoms with E-state index in [1.54, 1.807) is 31.4 Å². The first-order valence-electron chi connectivity index (χ1n) is 7.47. The molecule has 5 nitrogen and oxygen atoms in total. The fraction of sp³-hybridized carbons (Fsp3) is 0.0556. The summed E-state index contributed by atoms with van der Waals surface area (Å²) in [6.07, 6.45) is 2.99. The van der Waals surface area contributed by atoms with Gasteiger partial charge >= 0.3 is 0 Å². The molecule has 1 amide bonds. The zero-order chi connectivity index (χ0) is 18.5. The molecule has 0 radical (unpaired) electrons. The van der Waals surface area contributed by atoms with Crippen LogP contribution in [0.5, 0.6) is 5.75 Å². The molecule has 0 saturated carbocycles. The summed E-state index contributed by atoms with van der Waals surface area (Å²) in [4.78, 5) is 12.0. The molecular formula is C18H13Cl2N3O2S. The number of aromatic nitrogens is 2. The number of hydrogen-bond donors (Lipinski definition) is 1. The third kappa shape index (κ3) is 4.60. The highest BCUT2D eigenvalue weighted by Crippen LogP contribution is 2.28. The summed E-state index contributed by atoms with van der Waals surface area (Å²) in [7, 11) is 1.61. The minimum atomic E-state index is -0.326. The van der Waals surface area contributed by atoms with E-state index in [1.807, 2.05) is 24.3 Å². The molecule has 0 aliphatic carbocycles. The highest BCUT2D eigenvalue weighted by atomic mass is 35.5. The normalized spacial score (nSPS) is 10.9. The number of nitrogens with one attached hydrogen (secondary N) is 1. The van der Waals surface area contributed by atoms with Crippen LogP contribution in [0.25, 0.3) is 16.6 Å². The Bertz CT molecular complexity index is 955. The van der Waals surface area contributed by atoms with Gasteiger partial charge in [-0.05, 0) is 48.0 Å². The van der Waals surface area contributed by atoms with Gasteiger partial charge < -0.3 is 4.74 Å². The largest absolute Gasteiger partial charge is 0.497 e. The second kappa shape index (κ2) is 8.31. The van der Waals surface area contributed by atoms with Crippen molar-refractivity contribution in [2.45, 2.75) is 0 Å². The summed E-state index contributed by atoms with van der Waals surface area (Å²) in [5, 5.41) is 12.9. The van der Waals surface area contributed by atoms with E-state index in [9.17, 15) is 4.79 Å². The van der Waals surface area contributed by atoms with Gasteiger partial charge in [-0.2, -0.15) is 0 Å². The van der Waals surface area contributed by atoms with Gasteiger partial charge in [-0.25, -0.2) is 0 Å². The van der Waals surface area contributed by atoms with Crippen molar-refractivity contribution in [2.75, 3.05) is 12.4 Å². The maximum absolute atomic E-state index is 12.0. The number of halogens is 2. The summed E-state index contributed by atoms with van der Waals surface area (Å²) in [6.45, 7) is 0. The van der Waals surface area contributed by atoms with Gasteiger partial charge in [-0.1, -0.05) is 40.6 Å². The van der Waals surface area contributed by atoms with Crippen molar-refractivity contribution >= 4 is 51.7 Å². The predicted molar refractivity (Wildman–Crippen MR) is 106 cm³/mol. The van der Waals surface area contributed by atoms with Crippen molar-refractivity contribution in [3.63, 3.8) is 0 Å². The van der Waals surface area contributed by atoms with Crippen molar-refractivity contribution < 1.29 is 9.53 Å². The third-order valence-corrected chi connectivity index (χ3v) is 4.82. The molecule has 8 heteroatoms. The van der Waals surface area contributed by atoms with Crippen LogP contribution in [0, 0.1) is 0 Å². The minimum absolute atomic E-state index is 0.326. The molecule has 132 valence electrons. The summed E-state index contributed by atoms with van der Waals surface area (Å²) in [6, 6.07) is 12.5. The zero-order valence-corrected chi connectivity index (χ0v) is 15.9. The van der Waals surface area contributed by atoms with Gasteiger partial charge in [0.15, 0.2) is 0 Å². The number of carbonyl (C=O) groups excluding carboxylic acids is 1. The first-order valence-corrected chi connectivity index (χ1v) is 9.04. The average Bonchev–Trinajstić information content (AvgIpc) is 3.09. The van der Waals surface area contributed by atoms with Gasteiger partial charge in [-0.15, -0.1) is 10.2 Å². The molecule has 1 N–H and O–H groups in total. The molecule has 1 heterocycles. The lowest BCUT2D eigenvalue weighted by Gasteiger charge is -1.99. The Labute approximate surface area is 164 Å². The van der Waals surface area contributed by atoms with Crippen molar-refractivity contribution in [1.82, 2.24) is 10.2 Å². The number of methoxy groups -OCH3 is 1. The number of rotatable bonds is 5. The molecule has 2 aromatic carbocycles. The van der Waals surface area contributed by atoms with E-state index in [0.29, 0.717) is 25.7 Å². The lowest BCUT2D eigenvalue weighted by atomic mass is 10.2. The Morgan fingerprint density at radius 3 is 2.62 bits per heavy atom. The zero-order valence-electron chi connectivity index (χ0n) is 13.6. The van der Waals surface area contributed by atoms with Crippen LogP contribution >= 0.6 is 34.5 Å². The highest BCUT2D eigenvalue weighted by Gasteiger charge is 2.08. The molecule has 0 bridgehead atoms. The van der Waals surface area contributed by atoms with Gasteiger partial charge in [0.2, 0.25) is 11.0 Å². The number of amides is 1. The predicted octanol–water partition coefficient (Wildman–Crippen LogP) is 5.17. The van der Waals surface area contributed by atoms with Crippen LogP contribution < -0.4 is 10.1 Å². The van der Waals surface area contributed by atoms with Gasteiger partial charge in [0.25, 0.3) is 0 Å². The molecule has 0 saturated heterocycles. The third-order valence-electron chi connectivity index (χ3n) is 3.37. The molecular weight excluding hydrogens is 393 g/mol. The number of nitrogens with zero attached hydrogens (tertiary/aromatic N) is 2. The Kier molecular flexibility index (Phi) is 5.88. The molecule has 0 unspecified atom stereocenters. The Hall–Kier alpha value is -2.41.